The summed E-state index contributed by atoms with van der Waals surface area (Å²) in [5.74, 6) is 0.605. The molecule has 0 bridgehead atoms. The Balaban J connectivity index is 0.00000237. The number of hydrogen-bond donors (Lipinski definition) is 3. The fraction of sp³-hybridized carbons (Fsp3) is 0.485. The highest BCUT2D eigenvalue weighted by Crippen LogP contribution is 2.28. The van der Waals surface area contributed by atoms with E-state index in [0.717, 1.165) is 43.4 Å². The average Bonchev–Trinajstić information content (AvgIpc) is 3.32. The number of hydrogen-bond acceptors (Lipinski definition) is 7. The number of benzene rings is 1. The molecule has 1 amide bonds. The van der Waals surface area contributed by atoms with Crippen molar-refractivity contribution >= 4 is 23.7 Å². The van der Waals surface area contributed by atoms with Crippen molar-refractivity contribution in [1.29, 1.82) is 0 Å². The molecule has 4 rings (SSSR count). The lowest BCUT2D eigenvalue weighted by molar-refractivity contribution is 0.0979. The molecular weight excluding hydrogens is 549 g/mol. The smallest absolute Gasteiger partial charge is 0.266 e. The van der Waals surface area contributed by atoms with Crippen molar-refractivity contribution in [2.24, 2.45) is 5.92 Å². The summed E-state index contributed by atoms with van der Waals surface area (Å²) in [4.78, 5) is 21.4. The van der Waals surface area contributed by atoms with Gasteiger partial charge in [-0.25, -0.2) is 9.97 Å². The van der Waals surface area contributed by atoms with Crippen LogP contribution in [0.3, 0.4) is 0 Å². The molecule has 42 heavy (non-hydrogen) atoms. The van der Waals surface area contributed by atoms with E-state index in [1.807, 2.05) is 71.0 Å². The molecule has 0 saturated carbocycles. The van der Waals surface area contributed by atoms with Crippen LogP contribution in [-0.2, 0) is 12.0 Å². The standard InChI is InChI=1S/C31H40FN5O2S.C2H6/c1-30(2,3)25-14-13-24(28(32)35-25)29(38)37-40-27-17-23(39-20-21-10-7-6-8-11-21)16-26(36-27)33-15-9-12-22-18-31(4,5)34-19-22;1-2/h6-8,10-11,13-14,16-17,22,34H,9,12,15,18-20H2,1-5H3,(H,33,36)(H,37,38);1-2H3. The fourth-order valence-corrected chi connectivity index (χ4v) is 5.35. The number of aromatic nitrogens is 2. The van der Waals surface area contributed by atoms with Crippen LogP contribution in [0, 0.1) is 11.9 Å². The van der Waals surface area contributed by atoms with Gasteiger partial charge in [0.25, 0.3) is 5.91 Å². The Labute approximate surface area is 255 Å². The van der Waals surface area contributed by atoms with E-state index in [-0.39, 0.29) is 16.5 Å². The van der Waals surface area contributed by atoms with E-state index in [2.05, 4.69) is 39.2 Å². The molecule has 1 aliphatic rings. The first kappa shape index (κ1) is 33.3. The van der Waals surface area contributed by atoms with E-state index in [9.17, 15) is 9.18 Å². The van der Waals surface area contributed by atoms with Crippen molar-refractivity contribution in [1.82, 2.24) is 20.0 Å². The summed E-state index contributed by atoms with van der Waals surface area (Å²) < 4.78 is 23.4. The minimum Gasteiger partial charge on any atom is -0.489 e. The van der Waals surface area contributed by atoms with Crippen LogP contribution < -0.4 is 20.1 Å². The quantitative estimate of drug-likeness (QED) is 0.120. The molecule has 1 aliphatic heterocycles. The Bertz CT molecular complexity index is 1300. The molecule has 3 aromatic rings. The van der Waals surface area contributed by atoms with Crippen LogP contribution in [0.2, 0.25) is 0 Å². The predicted octanol–water partition coefficient (Wildman–Crippen LogP) is 7.54. The maximum Gasteiger partial charge on any atom is 0.266 e. The number of pyridine rings is 2. The van der Waals surface area contributed by atoms with Gasteiger partial charge in [0.1, 0.15) is 23.2 Å². The second-order valence-corrected chi connectivity index (χ2v) is 12.8. The van der Waals surface area contributed by atoms with Gasteiger partial charge in [-0.05, 0) is 63.3 Å². The van der Waals surface area contributed by atoms with Crippen LogP contribution in [0.25, 0.3) is 0 Å². The minimum absolute atomic E-state index is 0.111. The first-order valence-electron chi connectivity index (χ1n) is 14.8. The zero-order valence-corrected chi connectivity index (χ0v) is 26.8. The van der Waals surface area contributed by atoms with E-state index >= 15 is 0 Å². The van der Waals surface area contributed by atoms with Crippen molar-refractivity contribution in [2.75, 3.05) is 18.4 Å². The predicted molar refractivity (Wildman–Crippen MR) is 170 cm³/mol. The maximum absolute atomic E-state index is 14.6. The lowest BCUT2D eigenvalue weighted by atomic mass is 9.91. The summed E-state index contributed by atoms with van der Waals surface area (Å²) in [5, 5.41) is 7.52. The number of anilines is 1. The number of ether oxygens (including phenoxy) is 1. The zero-order chi connectivity index (χ0) is 30.8. The number of carbonyl (C=O) groups is 1. The van der Waals surface area contributed by atoms with Gasteiger partial charge in [0.15, 0.2) is 0 Å². The molecule has 9 heteroatoms. The van der Waals surface area contributed by atoms with Gasteiger partial charge in [0.2, 0.25) is 5.95 Å². The summed E-state index contributed by atoms with van der Waals surface area (Å²) in [6, 6.07) is 16.7. The molecule has 0 spiro atoms. The van der Waals surface area contributed by atoms with E-state index in [1.54, 1.807) is 12.1 Å². The molecule has 228 valence electrons. The molecule has 1 unspecified atom stereocenters. The number of amides is 1. The van der Waals surface area contributed by atoms with Crippen molar-refractivity contribution in [3.8, 4) is 5.75 Å². The number of halogens is 1. The van der Waals surface area contributed by atoms with E-state index in [4.69, 9.17) is 4.74 Å². The second-order valence-electron chi connectivity index (χ2n) is 12.0. The minimum atomic E-state index is -0.790. The van der Waals surface area contributed by atoms with Crippen LogP contribution in [0.4, 0.5) is 10.2 Å². The van der Waals surface area contributed by atoms with Crippen molar-refractivity contribution in [2.45, 2.75) is 90.3 Å². The summed E-state index contributed by atoms with van der Waals surface area (Å²) in [5.41, 5.74) is 1.42. The molecule has 0 radical (unpaired) electrons. The van der Waals surface area contributed by atoms with E-state index < -0.39 is 11.9 Å². The summed E-state index contributed by atoms with van der Waals surface area (Å²) in [6.07, 6.45) is 3.34. The zero-order valence-electron chi connectivity index (χ0n) is 26.0. The van der Waals surface area contributed by atoms with Crippen LogP contribution in [0.5, 0.6) is 5.75 Å². The molecule has 1 saturated heterocycles. The van der Waals surface area contributed by atoms with Gasteiger partial charge < -0.3 is 15.4 Å². The molecule has 2 aromatic heterocycles. The lowest BCUT2D eigenvalue weighted by Crippen LogP contribution is -2.31. The number of carbonyl (C=O) groups excluding carboxylic acids is 1. The number of rotatable bonds is 11. The van der Waals surface area contributed by atoms with Gasteiger partial charge in [-0.2, -0.15) is 4.39 Å². The van der Waals surface area contributed by atoms with Gasteiger partial charge in [-0.15, -0.1) is 0 Å². The SMILES string of the molecule is CC.CC1(C)CC(CCCNc2cc(OCc3ccccc3)cc(SNC(=O)c3ccc(C(C)(C)C)nc3F)n2)CN1. The highest BCUT2D eigenvalue weighted by atomic mass is 32.2. The Kier molecular flexibility index (Phi) is 12.2. The van der Waals surface area contributed by atoms with Crippen LogP contribution in [-0.4, -0.2) is 34.5 Å². The lowest BCUT2D eigenvalue weighted by Gasteiger charge is -2.18. The first-order valence-corrected chi connectivity index (χ1v) is 15.6. The molecule has 1 aromatic carbocycles. The Hall–Kier alpha value is -3.17. The Morgan fingerprint density at radius 2 is 1.86 bits per heavy atom. The maximum atomic E-state index is 14.6. The molecule has 0 aliphatic carbocycles. The van der Waals surface area contributed by atoms with Gasteiger partial charge in [-0.3, -0.25) is 9.52 Å². The monoisotopic (exact) mass is 595 g/mol. The Morgan fingerprint density at radius 1 is 1.12 bits per heavy atom. The van der Waals surface area contributed by atoms with Crippen LogP contribution >= 0.6 is 11.9 Å². The first-order chi connectivity index (χ1) is 20.0. The van der Waals surface area contributed by atoms with Gasteiger partial charge in [-0.1, -0.05) is 65.0 Å². The molecule has 1 atom stereocenters. The number of nitrogens with one attached hydrogen (secondary N) is 3. The van der Waals surface area contributed by atoms with Gasteiger partial charge >= 0.3 is 0 Å². The third-order valence-electron chi connectivity index (χ3n) is 6.90. The van der Waals surface area contributed by atoms with E-state index in [0.29, 0.717) is 34.8 Å². The molecular formula is C33H46FN5O2S. The highest BCUT2D eigenvalue weighted by molar-refractivity contribution is 7.97. The second kappa shape index (κ2) is 15.3. The summed E-state index contributed by atoms with van der Waals surface area (Å²) in [6.45, 7) is 16.6. The van der Waals surface area contributed by atoms with Crippen LogP contribution in [0.15, 0.2) is 59.6 Å². The fourth-order valence-electron chi connectivity index (χ4n) is 4.72. The highest BCUT2D eigenvalue weighted by Gasteiger charge is 2.29. The molecule has 1 fully saturated rings. The van der Waals surface area contributed by atoms with Gasteiger partial charge in [0.05, 0.1) is 5.56 Å². The van der Waals surface area contributed by atoms with Gasteiger partial charge in [0, 0.05) is 47.3 Å². The third kappa shape index (κ3) is 10.3. The third-order valence-corrected chi connectivity index (χ3v) is 7.60. The molecule has 7 nitrogen and oxygen atoms in total. The molecule has 3 heterocycles. The average molecular weight is 596 g/mol. The van der Waals surface area contributed by atoms with Crippen LogP contribution in [0.1, 0.15) is 89.3 Å². The van der Waals surface area contributed by atoms with E-state index in [1.165, 1.54) is 12.5 Å². The van der Waals surface area contributed by atoms with Crippen molar-refractivity contribution in [3.63, 3.8) is 0 Å². The van der Waals surface area contributed by atoms with Crippen molar-refractivity contribution in [3.05, 3.63) is 77.4 Å². The largest absolute Gasteiger partial charge is 0.489 e. The Morgan fingerprint density at radius 3 is 2.50 bits per heavy atom. The summed E-state index contributed by atoms with van der Waals surface area (Å²) in [7, 11) is 0. The number of nitrogens with zero attached hydrogens (tertiary/aromatic N) is 2. The normalized spacial score (nSPS) is 15.9. The topological polar surface area (TPSA) is 88.2 Å². The molecule has 3 N–H and O–H groups in total. The summed E-state index contributed by atoms with van der Waals surface area (Å²) >= 11 is 1.02. The van der Waals surface area contributed by atoms with Crippen molar-refractivity contribution < 1.29 is 13.9 Å².